The van der Waals surface area contributed by atoms with E-state index >= 15 is 0 Å². The van der Waals surface area contributed by atoms with Crippen molar-refractivity contribution in [1.82, 2.24) is 0 Å². The second-order valence-corrected chi connectivity index (χ2v) is 4.25. The molecule has 0 aliphatic carbocycles. The van der Waals surface area contributed by atoms with Crippen LogP contribution in [0, 0.1) is 5.82 Å². The van der Waals surface area contributed by atoms with Crippen LogP contribution in [0.3, 0.4) is 0 Å². The molecule has 1 aromatic rings. The van der Waals surface area contributed by atoms with Crippen molar-refractivity contribution in [3.8, 4) is 0 Å². The number of nitrogens with two attached hydrogens (primary N) is 1. The van der Waals surface area contributed by atoms with E-state index in [0.29, 0.717) is 23.8 Å². The van der Waals surface area contributed by atoms with Gasteiger partial charge in [0.2, 0.25) is 0 Å². The van der Waals surface area contributed by atoms with Gasteiger partial charge in [0.1, 0.15) is 5.82 Å². The average Bonchev–Trinajstić information content (AvgIpc) is 2.33. The maximum atomic E-state index is 13.6. The molecule has 0 radical (unpaired) electrons. The van der Waals surface area contributed by atoms with Crippen LogP contribution in [-0.4, -0.2) is 25.5 Å². The Labute approximate surface area is 112 Å². The summed E-state index contributed by atoms with van der Waals surface area (Å²) in [5.74, 6) is -0.357. The van der Waals surface area contributed by atoms with Crippen LogP contribution < -0.4 is 5.73 Å². The van der Waals surface area contributed by atoms with Gasteiger partial charge in [0.15, 0.2) is 6.29 Å². The Morgan fingerprint density at radius 3 is 2.39 bits per heavy atom. The highest BCUT2D eigenvalue weighted by Gasteiger charge is 2.21. The summed E-state index contributed by atoms with van der Waals surface area (Å²) in [6.45, 7) is 4.69. The van der Waals surface area contributed by atoms with Gasteiger partial charge in [-0.25, -0.2) is 4.39 Å². The molecule has 1 rings (SSSR count). The molecule has 0 bridgehead atoms. The smallest absolute Gasteiger partial charge is 0.172 e. The molecular weight excluding hydrogens is 257 g/mol. The van der Waals surface area contributed by atoms with E-state index in [0.717, 1.165) is 0 Å². The van der Waals surface area contributed by atoms with E-state index in [2.05, 4.69) is 0 Å². The van der Waals surface area contributed by atoms with Gasteiger partial charge in [0.05, 0.1) is 6.04 Å². The third-order valence-electron chi connectivity index (χ3n) is 2.51. The van der Waals surface area contributed by atoms with Crippen molar-refractivity contribution in [2.75, 3.05) is 13.2 Å². The summed E-state index contributed by atoms with van der Waals surface area (Å²) in [4.78, 5) is 0. The summed E-state index contributed by atoms with van der Waals surface area (Å²) in [6, 6.07) is 4.11. The molecule has 0 heterocycles. The van der Waals surface area contributed by atoms with Gasteiger partial charge in [-0.3, -0.25) is 0 Å². The molecule has 3 nitrogen and oxygen atoms in total. The van der Waals surface area contributed by atoms with Gasteiger partial charge < -0.3 is 15.2 Å². The minimum atomic E-state index is -0.546. The van der Waals surface area contributed by atoms with Crippen molar-refractivity contribution in [2.24, 2.45) is 5.73 Å². The first kappa shape index (κ1) is 15.4. The highest BCUT2D eigenvalue weighted by atomic mass is 35.5. The fourth-order valence-electron chi connectivity index (χ4n) is 1.68. The highest BCUT2D eigenvalue weighted by Crippen LogP contribution is 2.21. The van der Waals surface area contributed by atoms with Gasteiger partial charge >= 0.3 is 0 Å². The molecule has 0 saturated heterocycles. The van der Waals surface area contributed by atoms with Crippen LogP contribution >= 0.6 is 11.6 Å². The number of rotatable bonds is 7. The third-order valence-corrected chi connectivity index (χ3v) is 2.87. The number of hydrogen-bond donors (Lipinski definition) is 1. The summed E-state index contributed by atoms with van der Waals surface area (Å²) >= 11 is 5.96. The molecule has 5 heteroatoms. The van der Waals surface area contributed by atoms with Crippen LogP contribution in [-0.2, 0) is 15.9 Å². The van der Waals surface area contributed by atoms with Crippen LogP contribution in [0.5, 0.6) is 0 Å². The van der Waals surface area contributed by atoms with E-state index in [4.69, 9.17) is 26.8 Å². The first-order chi connectivity index (χ1) is 8.60. The molecule has 0 aliphatic heterocycles. The summed E-state index contributed by atoms with van der Waals surface area (Å²) in [7, 11) is 0. The molecule has 0 spiro atoms. The van der Waals surface area contributed by atoms with E-state index < -0.39 is 12.3 Å². The van der Waals surface area contributed by atoms with Gasteiger partial charge in [0, 0.05) is 23.8 Å². The van der Waals surface area contributed by atoms with E-state index in [1.54, 1.807) is 12.1 Å². The molecule has 102 valence electrons. The highest BCUT2D eigenvalue weighted by molar-refractivity contribution is 6.31. The molecule has 0 aliphatic rings. The minimum Gasteiger partial charge on any atom is -0.351 e. The Hall–Kier alpha value is -0.680. The summed E-state index contributed by atoms with van der Waals surface area (Å²) < 4.78 is 24.4. The molecule has 2 N–H and O–H groups in total. The van der Waals surface area contributed by atoms with Crippen LogP contribution in [0.25, 0.3) is 0 Å². The number of benzene rings is 1. The molecule has 0 aromatic heterocycles. The Kier molecular flexibility index (Phi) is 6.57. The second-order valence-electron chi connectivity index (χ2n) is 3.85. The second kappa shape index (κ2) is 7.69. The number of ether oxygens (including phenoxy) is 2. The van der Waals surface area contributed by atoms with Crippen LogP contribution in [0.1, 0.15) is 19.4 Å². The fraction of sp³-hybridized carbons (Fsp3) is 0.538. The van der Waals surface area contributed by atoms with E-state index in [-0.39, 0.29) is 12.2 Å². The summed E-state index contributed by atoms with van der Waals surface area (Å²) in [5.41, 5.74) is 6.38. The fourth-order valence-corrected chi connectivity index (χ4v) is 1.92. The molecule has 1 aromatic carbocycles. The SMILES string of the molecule is CCOC(OCC)C(N)Cc1c(F)cccc1Cl. The number of halogens is 2. The Bertz CT molecular complexity index is 350. The van der Waals surface area contributed by atoms with Crippen molar-refractivity contribution in [1.29, 1.82) is 0 Å². The lowest BCUT2D eigenvalue weighted by molar-refractivity contribution is -0.148. The third kappa shape index (κ3) is 4.21. The molecule has 0 fully saturated rings. The molecule has 0 amide bonds. The van der Waals surface area contributed by atoms with Crippen molar-refractivity contribution >= 4 is 11.6 Å². The Morgan fingerprint density at radius 2 is 1.89 bits per heavy atom. The zero-order chi connectivity index (χ0) is 13.5. The molecule has 0 saturated carbocycles. The van der Waals surface area contributed by atoms with Crippen molar-refractivity contribution in [2.45, 2.75) is 32.6 Å². The summed E-state index contributed by atoms with van der Waals surface area (Å²) in [6.07, 6.45) is -0.272. The zero-order valence-electron chi connectivity index (χ0n) is 10.7. The quantitative estimate of drug-likeness (QED) is 0.778. The molecular formula is C13H19ClFNO2. The lowest BCUT2D eigenvalue weighted by Crippen LogP contribution is -2.40. The largest absolute Gasteiger partial charge is 0.351 e. The lowest BCUT2D eigenvalue weighted by Gasteiger charge is -2.24. The van der Waals surface area contributed by atoms with Gasteiger partial charge in [-0.15, -0.1) is 0 Å². The van der Waals surface area contributed by atoms with Crippen molar-refractivity contribution in [3.63, 3.8) is 0 Å². The van der Waals surface area contributed by atoms with Crippen molar-refractivity contribution in [3.05, 3.63) is 34.6 Å². The first-order valence-corrected chi connectivity index (χ1v) is 6.39. The molecule has 1 unspecified atom stereocenters. The first-order valence-electron chi connectivity index (χ1n) is 6.01. The molecule has 18 heavy (non-hydrogen) atoms. The van der Waals surface area contributed by atoms with Gasteiger partial charge in [0.25, 0.3) is 0 Å². The number of hydrogen-bond acceptors (Lipinski definition) is 3. The maximum absolute atomic E-state index is 13.6. The van der Waals surface area contributed by atoms with Gasteiger partial charge in [-0.1, -0.05) is 17.7 Å². The predicted octanol–water partition coefficient (Wildman–Crippen LogP) is 2.75. The lowest BCUT2D eigenvalue weighted by atomic mass is 10.1. The Balaban J connectivity index is 2.75. The maximum Gasteiger partial charge on any atom is 0.172 e. The standard InChI is InChI=1S/C13H19ClFNO2/c1-3-17-13(18-4-2)12(16)8-9-10(14)6-5-7-11(9)15/h5-7,12-13H,3-4,8,16H2,1-2H3. The normalized spacial score (nSPS) is 13.0. The summed E-state index contributed by atoms with van der Waals surface area (Å²) in [5, 5.41) is 0.372. The predicted molar refractivity (Wildman–Crippen MR) is 70.1 cm³/mol. The van der Waals surface area contributed by atoms with Crippen LogP contribution in [0.2, 0.25) is 5.02 Å². The van der Waals surface area contributed by atoms with Crippen LogP contribution in [0.15, 0.2) is 18.2 Å². The van der Waals surface area contributed by atoms with Gasteiger partial charge in [-0.05, 0) is 32.4 Å². The zero-order valence-corrected chi connectivity index (χ0v) is 11.4. The average molecular weight is 276 g/mol. The van der Waals surface area contributed by atoms with Crippen molar-refractivity contribution < 1.29 is 13.9 Å². The monoisotopic (exact) mass is 275 g/mol. The molecule has 1 atom stereocenters. The van der Waals surface area contributed by atoms with E-state index in [1.807, 2.05) is 13.8 Å². The topological polar surface area (TPSA) is 44.5 Å². The van der Waals surface area contributed by atoms with E-state index in [9.17, 15) is 4.39 Å². The Morgan fingerprint density at radius 1 is 1.28 bits per heavy atom. The van der Waals surface area contributed by atoms with Gasteiger partial charge in [-0.2, -0.15) is 0 Å². The van der Waals surface area contributed by atoms with Crippen LogP contribution in [0.4, 0.5) is 4.39 Å². The van der Waals surface area contributed by atoms with E-state index in [1.165, 1.54) is 6.07 Å². The minimum absolute atomic E-state index is 0.274.